The third-order valence-electron chi connectivity index (χ3n) is 2.42. The van der Waals surface area contributed by atoms with Gasteiger partial charge in [0.2, 0.25) is 0 Å². The van der Waals surface area contributed by atoms with Gasteiger partial charge in [0.05, 0.1) is 7.11 Å². The maximum absolute atomic E-state index is 11.2. The zero-order valence-electron chi connectivity index (χ0n) is 9.82. The first-order valence-electron chi connectivity index (χ1n) is 4.96. The minimum atomic E-state index is -0.386. The van der Waals surface area contributed by atoms with E-state index in [0.717, 1.165) is 11.3 Å². The summed E-state index contributed by atoms with van der Waals surface area (Å²) in [5, 5.41) is 0. The van der Waals surface area contributed by atoms with E-state index in [1.807, 2.05) is 24.3 Å². The fourth-order valence-corrected chi connectivity index (χ4v) is 1.44. The first-order valence-corrected chi connectivity index (χ1v) is 4.96. The minimum Gasteiger partial charge on any atom is -0.497 e. The van der Waals surface area contributed by atoms with Crippen molar-refractivity contribution in [3.8, 4) is 5.75 Å². The second-order valence-corrected chi connectivity index (χ2v) is 3.47. The molecule has 0 saturated heterocycles. The van der Waals surface area contributed by atoms with Crippen molar-refractivity contribution in [2.75, 3.05) is 14.2 Å². The molecular formula is C13H16O3. The van der Waals surface area contributed by atoms with E-state index in [9.17, 15) is 4.79 Å². The molecular weight excluding hydrogens is 204 g/mol. The Morgan fingerprint density at radius 3 is 2.19 bits per heavy atom. The molecule has 0 aliphatic heterocycles. The topological polar surface area (TPSA) is 35.5 Å². The van der Waals surface area contributed by atoms with Crippen LogP contribution in [0.4, 0.5) is 0 Å². The molecule has 1 unspecified atom stereocenters. The Labute approximate surface area is 95.7 Å². The predicted octanol–water partition coefficient (Wildman–Crippen LogP) is 2.53. The highest BCUT2D eigenvalue weighted by atomic mass is 16.5. The number of carbonyl (C=O) groups is 1. The van der Waals surface area contributed by atoms with Crippen molar-refractivity contribution in [2.24, 2.45) is 0 Å². The number of methoxy groups -OCH3 is 2. The summed E-state index contributed by atoms with van der Waals surface area (Å²) in [5.74, 6) is 0.703. The quantitative estimate of drug-likeness (QED) is 0.715. The highest BCUT2D eigenvalue weighted by Crippen LogP contribution is 2.26. The van der Waals surface area contributed by atoms with Crippen LogP contribution in [-0.4, -0.2) is 20.0 Å². The van der Waals surface area contributed by atoms with Gasteiger partial charge >= 0.3 is 0 Å². The summed E-state index contributed by atoms with van der Waals surface area (Å²) in [6, 6.07) is 7.38. The van der Waals surface area contributed by atoms with Crippen LogP contribution in [0.3, 0.4) is 0 Å². The fraction of sp³-hybridized carbons (Fsp3) is 0.308. The molecule has 1 aromatic rings. The molecule has 0 aliphatic carbocycles. The lowest BCUT2D eigenvalue weighted by atomic mass is 10.00. The number of ether oxygens (including phenoxy) is 2. The van der Waals surface area contributed by atoms with Crippen molar-refractivity contribution < 1.29 is 14.3 Å². The second kappa shape index (κ2) is 5.47. The second-order valence-electron chi connectivity index (χ2n) is 3.47. The van der Waals surface area contributed by atoms with Gasteiger partial charge in [0.1, 0.15) is 11.9 Å². The molecule has 0 radical (unpaired) electrons. The average Bonchev–Trinajstić information content (AvgIpc) is 2.30. The molecule has 0 amide bonds. The van der Waals surface area contributed by atoms with Crippen molar-refractivity contribution in [3.63, 3.8) is 0 Å². The lowest BCUT2D eigenvalue weighted by Gasteiger charge is -2.16. The third kappa shape index (κ3) is 2.70. The summed E-state index contributed by atoms with van der Waals surface area (Å²) in [5.41, 5.74) is 1.34. The first kappa shape index (κ1) is 12.5. The number of benzene rings is 1. The Morgan fingerprint density at radius 1 is 1.25 bits per heavy atom. The number of carbonyl (C=O) groups excluding carboxylic acids is 1. The maximum Gasteiger partial charge on any atom is 0.158 e. The van der Waals surface area contributed by atoms with Gasteiger partial charge in [-0.05, 0) is 24.6 Å². The van der Waals surface area contributed by atoms with Gasteiger partial charge in [-0.2, -0.15) is 0 Å². The lowest BCUT2D eigenvalue weighted by Crippen LogP contribution is -2.10. The van der Waals surface area contributed by atoms with Crippen molar-refractivity contribution in [1.82, 2.24) is 0 Å². The molecule has 0 saturated carbocycles. The van der Waals surface area contributed by atoms with Gasteiger partial charge in [-0.25, -0.2) is 0 Å². The Balaban J connectivity index is 2.95. The van der Waals surface area contributed by atoms with Crippen LogP contribution >= 0.6 is 0 Å². The van der Waals surface area contributed by atoms with Crippen LogP contribution in [0.25, 0.3) is 0 Å². The van der Waals surface area contributed by atoms with E-state index in [-0.39, 0.29) is 11.9 Å². The van der Waals surface area contributed by atoms with E-state index < -0.39 is 0 Å². The van der Waals surface area contributed by atoms with E-state index in [4.69, 9.17) is 9.47 Å². The summed E-state index contributed by atoms with van der Waals surface area (Å²) in [6.07, 6.45) is -0.386. The van der Waals surface area contributed by atoms with Gasteiger partial charge in [-0.3, -0.25) is 4.79 Å². The van der Waals surface area contributed by atoms with Crippen LogP contribution in [0, 0.1) is 0 Å². The highest BCUT2D eigenvalue weighted by molar-refractivity contribution is 5.93. The van der Waals surface area contributed by atoms with Crippen LogP contribution in [0.2, 0.25) is 0 Å². The average molecular weight is 220 g/mol. The van der Waals surface area contributed by atoms with Gasteiger partial charge in [-0.1, -0.05) is 18.7 Å². The summed E-state index contributed by atoms with van der Waals surface area (Å²) in [4.78, 5) is 11.2. The molecule has 16 heavy (non-hydrogen) atoms. The highest BCUT2D eigenvalue weighted by Gasteiger charge is 2.17. The molecule has 1 aromatic carbocycles. The minimum absolute atomic E-state index is 0.0670. The summed E-state index contributed by atoms with van der Waals surface area (Å²) >= 11 is 0. The number of hydrogen-bond donors (Lipinski definition) is 0. The first-order chi connectivity index (χ1) is 7.60. The SMILES string of the molecule is C=C(C(C)=O)C(OC)c1ccc(OC)cc1. The molecule has 0 aromatic heterocycles. The Bertz CT molecular complexity index is 379. The lowest BCUT2D eigenvalue weighted by molar-refractivity contribution is -0.114. The zero-order chi connectivity index (χ0) is 12.1. The zero-order valence-corrected chi connectivity index (χ0v) is 9.82. The molecule has 0 spiro atoms. The smallest absolute Gasteiger partial charge is 0.158 e. The molecule has 86 valence electrons. The van der Waals surface area contributed by atoms with E-state index in [1.165, 1.54) is 6.92 Å². The van der Waals surface area contributed by atoms with E-state index >= 15 is 0 Å². The maximum atomic E-state index is 11.2. The monoisotopic (exact) mass is 220 g/mol. The van der Waals surface area contributed by atoms with E-state index in [1.54, 1.807) is 14.2 Å². The summed E-state index contributed by atoms with van der Waals surface area (Å²) in [7, 11) is 3.17. The molecule has 0 aliphatic rings. The van der Waals surface area contributed by atoms with Gasteiger partial charge in [-0.15, -0.1) is 0 Å². The molecule has 3 nitrogen and oxygen atoms in total. The van der Waals surface area contributed by atoms with Gasteiger partial charge in [0.15, 0.2) is 5.78 Å². The predicted molar refractivity (Wildman–Crippen MR) is 62.6 cm³/mol. The van der Waals surface area contributed by atoms with Crippen LogP contribution < -0.4 is 4.74 Å². The molecule has 0 heterocycles. The van der Waals surface area contributed by atoms with Crippen LogP contribution in [0.5, 0.6) is 5.75 Å². The van der Waals surface area contributed by atoms with E-state index in [2.05, 4.69) is 6.58 Å². The summed E-state index contributed by atoms with van der Waals surface area (Å²) < 4.78 is 10.3. The van der Waals surface area contributed by atoms with Crippen molar-refractivity contribution in [1.29, 1.82) is 0 Å². The van der Waals surface area contributed by atoms with Crippen LogP contribution in [-0.2, 0) is 9.53 Å². The summed E-state index contributed by atoms with van der Waals surface area (Å²) in [6.45, 7) is 5.22. The van der Waals surface area contributed by atoms with Gasteiger partial charge < -0.3 is 9.47 Å². The normalized spacial score (nSPS) is 11.9. The molecule has 3 heteroatoms. The van der Waals surface area contributed by atoms with Crippen LogP contribution in [0.1, 0.15) is 18.6 Å². The molecule has 1 atom stereocenters. The molecule has 0 N–H and O–H groups in total. The third-order valence-corrected chi connectivity index (χ3v) is 2.42. The molecule has 1 rings (SSSR count). The fourth-order valence-electron chi connectivity index (χ4n) is 1.44. The number of Topliss-reactive ketones (excluding diaryl/α,β-unsaturated/α-hetero) is 1. The van der Waals surface area contributed by atoms with Gasteiger partial charge in [0, 0.05) is 12.7 Å². The Hall–Kier alpha value is -1.61. The van der Waals surface area contributed by atoms with Crippen molar-refractivity contribution >= 4 is 5.78 Å². The standard InChI is InChI=1S/C13H16O3/c1-9(10(2)14)13(16-4)11-5-7-12(15-3)8-6-11/h5-8,13H,1H2,2-4H3. The largest absolute Gasteiger partial charge is 0.497 e. The van der Waals surface area contributed by atoms with Crippen molar-refractivity contribution in [3.05, 3.63) is 42.0 Å². The van der Waals surface area contributed by atoms with Crippen molar-refractivity contribution in [2.45, 2.75) is 13.0 Å². The number of rotatable bonds is 5. The number of hydrogen-bond acceptors (Lipinski definition) is 3. The van der Waals surface area contributed by atoms with E-state index in [0.29, 0.717) is 5.57 Å². The van der Waals surface area contributed by atoms with Gasteiger partial charge in [0.25, 0.3) is 0 Å². The molecule has 0 fully saturated rings. The Kier molecular flexibility index (Phi) is 4.26. The number of ketones is 1. The Morgan fingerprint density at radius 2 is 1.81 bits per heavy atom. The van der Waals surface area contributed by atoms with Crippen LogP contribution in [0.15, 0.2) is 36.4 Å². The molecule has 0 bridgehead atoms.